The quantitative estimate of drug-likeness (QED) is 0.133. The molecular formula is C26H36BrFNO3PS. The van der Waals surface area contributed by atoms with Gasteiger partial charge in [-0.05, 0) is 95.1 Å². The molecule has 1 saturated carbocycles. The van der Waals surface area contributed by atoms with Gasteiger partial charge in [-0.2, -0.15) is 0 Å². The molecule has 1 aliphatic carbocycles. The molecule has 0 saturated heterocycles. The standard InChI is InChI=1S/C26H36BrFNO3PS/c27-23-19-21(20-29-16-8-17-33(30,31)32)11-12-25(23)34-18-7-6-15-26(13-4-1-5-14-26)22-9-2-3-10-24(22)28/h2-3,9-12,19,29H,1,4-8,13-18,20H2,(H2,30,31,32). The number of thioether (sulfide) groups is 1. The van der Waals surface area contributed by atoms with Crippen LogP contribution in [-0.4, -0.2) is 28.2 Å². The molecule has 0 radical (unpaired) electrons. The van der Waals surface area contributed by atoms with Gasteiger partial charge < -0.3 is 15.1 Å². The first-order valence-electron chi connectivity index (χ1n) is 12.2. The summed E-state index contributed by atoms with van der Waals surface area (Å²) >= 11 is 5.53. The molecule has 1 fully saturated rings. The molecule has 3 rings (SSSR count). The van der Waals surface area contributed by atoms with Crippen molar-refractivity contribution in [2.75, 3.05) is 18.5 Å². The summed E-state index contributed by atoms with van der Waals surface area (Å²) in [6.45, 7) is 1.25. The SMILES string of the molecule is O=P(O)(O)CCCNCc1ccc(SCCCCC2(c3ccccc3F)CCCCC2)c(Br)c1. The first kappa shape index (κ1) is 27.9. The minimum atomic E-state index is -3.91. The molecule has 0 heterocycles. The van der Waals surface area contributed by atoms with Crippen molar-refractivity contribution in [2.45, 2.75) is 74.6 Å². The largest absolute Gasteiger partial charge is 0.325 e. The molecule has 3 N–H and O–H groups in total. The Balaban J connectivity index is 1.42. The van der Waals surface area contributed by atoms with Crippen molar-refractivity contribution < 1.29 is 18.7 Å². The van der Waals surface area contributed by atoms with Crippen molar-refractivity contribution in [3.63, 3.8) is 0 Å². The van der Waals surface area contributed by atoms with E-state index in [9.17, 15) is 8.96 Å². The van der Waals surface area contributed by atoms with E-state index in [0.717, 1.165) is 53.5 Å². The van der Waals surface area contributed by atoms with Gasteiger partial charge in [0.15, 0.2) is 0 Å². The Kier molecular flexibility index (Phi) is 11.1. The molecule has 0 bridgehead atoms. The summed E-state index contributed by atoms with van der Waals surface area (Å²) in [7, 11) is -3.91. The van der Waals surface area contributed by atoms with E-state index in [-0.39, 0.29) is 17.4 Å². The number of benzene rings is 2. The fourth-order valence-corrected chi connectivity index (χ4v) is 7.20. The van der Waals surface area contributed by atoms with Gasteiger partial charge in [0.1, 0.15) is 5.82 Å². The maximum atomic E-state index is 14.6. The van der Waals surface area contributed by atoms with E-state index >= 15 is 0 Å². The Morgan fingerprint density at radius 3 is 2.53 bits per heavy atom. The number of halogens is 2. The van der Waals surface area contributed by atoms with Crippen LogP contribution < -0.4 is 5.32 Å². The number of hydrogen-bond acceptors (Lipinski definition) is 3. The van der Waals surface area contributed by atoms with Crippen molar-refractivity contribution in [2.24, 2.45) is 0 Å². The Bertz CT molecular complexity index is 965. The van der Waals surface area contributed by atoms with Crippen molar-refractivity contribution in [1.82, 2.24) is 5.32 Å². The molecule has 188 valence electrons. The van der Waals surface area contributed by atoms with Crippen LogP contribution in [-0.2, 0) is 16.5 Å². The van der Waals surface area contributed by atoms with Crippen LogP contribution in [0.5, 0.6) is 0 Å². The van der Waals surface area contributed by atoms with Gasteiger partial charge >= 0.3 is 7.60 Å². The van der Waals surface area contributed by atoms with Gasteiger partial charge in [-0.15, -0.1) is 11.8 Å². The van der Waals surface area contributed by atoms with Crippen LogP contribution in [0, 0.1) is 5.82 Å². The van der Waals surface area contributed by atoms with Gasteiger partial charge in [-0.3, -0.25) is 4.57 Å². The molecule has 4 nitrogen and oxygen atoms in total. The summed E-state index contributed by atoms with van der Waals surface area (Å²) in [5.41, 5.74) is 2.07. The maximum Gasteiger partial charge on any atom is 0.325 e. The summed E-state index contributed by atoms with van der Waals surface area (Å²) in [5.74, 6) is 0.991. The van der Waals surface area contributed by atoms with Crippen LogP contribution >= 0.6 is 35.3 Å². The molecular weight excluding hydrogens is 536 g/mol. The van der Waals surface area contributed by atoms with E-state index in [1.807, 2.05) is 23.9 Å². The molecule has 1 aliphatic rings. The van der Waals surface area contributed by atoms with Crippen molar-refractivity contribution >= 4 is 35.3 Å². The summed E-state index contributed by atoms with van der Waals surface area (Å²) < 4.78 is 26.6. The maximum absolute atomic E-state index is 14.6. The molecule has 34 heavy (non-hydrogen) atoms. The molecule has 2 aromatic rings. The molecule has 0 atom stereocenters. The minimum absolute atomic E-state index is 0.00871. The summed E-state index contributed by atoms with van der Waals surface area (Å²) in [5, 5.41) is 3.24. The highest BCUT2D eigenvalue weighted by atomic mass is 79.9. The zero-order valence-electron chi connectivity index (χ0n) is 19.6. The second-order valence-corrected chi connectivity index (χ2v) is 13.1. The molecule has 0 spiro atoms. The Hall–Kier alpha value is -0.690. The van der Waals surface area contributed by atoms with Gasteiger partial charge in [0.05, 0.1) is 6.16 Å². The van der Waals surface area contributed by atoms with Crippen LogP contribution in [0.1, 0.15) is 68.9 Å². The van der Waals surface area contributed by atoms with Gasteiger partial charge in [0.25, 0.3) is 0 Å². The highest BCUT2D eigenvalue weighted by molar-refractivity contribution is 9.10. The lowest BCUT2D eigenvalue weighted by molar-refractivity contribution is 0.260. The number of rotatable bonds is 13. The van der Waals surface area contributed by atoms with Crippen molar-refractivity contribution in [3.8, 4) is 0 Å². The second kappa shape index (κ2) is 13.6. The lowest BCUT2D eigenvalue weighted by Crippen LogP contribution is -2.30. The predicted molar refractivity (Wildman–Crippen MR) is 143 cm³/mol. The topological polar surface area (TPSA) is 69.6 Å². The lowest BCUT2D eigenvalue weighted by Gasteiger charge is -2.38. The van der Waals surface area contributed by atoms with E-state index in [1.165, 1.54) is 24.2 Å². The Morgan fingerprint density at radius 1 is 1.06 bits per heavy atom. The molecule has 0 aromatic heterocycles. The highest BCUT2D eigenvalue weighted by Crippen LogP contribution is 2.44. The minimum Gasteiger partial charge on any atom is -0.324 e. The van der Waals surface area contributed by atoms with Gasteiger partial charge in [-0.25, -0.2) is 4.39 Å². The molecule has 0 unspecified atom stereocenters. The van der Waals surface area contributed by atoms with Crippen LogP contribution in [0.4, 0.5) is 4.39 Å². The van der Waals surface area contributed by atoms with Gasteiger partial charge in [-0.1, -0.05) is 49.9 Å². The third kappa shape index (κ3) is 8.76. The van der Waals surface area contributed by atoms with Crippen LogP contribution in [0.3, 0.4) is 0 Å². The molecule has 8 heteroatoms. The van der Waals surface area contributed by atoms with E-state index < -0.39 is 7.60 Å². The summed E-state index contributed by atoms with van der Waals surface area (Å²) in [6, 6.07) is 13.7. The van der Waals surface area contributed by atoms with Crippen LogP contribution in [0.15, 0.2) is 51.8 Å². The van der Waals surface area contributed by atoms with Crippen LogP contribution in [0.2, 0.25) is 0 Å². The van der Waals surface area contributed by atoms with Crippen molar-refractivity contribution in [3.05, 3.63) is 63.9 Å². The fraction of sp³-hybridized carbons (Fsp3) is 0.538. The number of hydrogen-bond donors (Lipinski definition) is 3. The van der Waals surface area contributed by atoms with Crippen LogP contribution in [0.25, 0.3) is 0 Å². The number of nitrogens with one attached hydrogen (secondary N) is 1. The first-order valence-corrected chi connectivity index (χ1v) is 15.8. The van der Waals surface area contributed by atoms with E-state index in [2.05, 4.69) is 39.4 Å². The van der Waals surface area contributed by atoms with Gasteiger partial charge in [0.2, 0.25) is 0 Å². The zero-order valence-corrected chi connectivity index (χ0v) is 22.9. The third-order valence-electron chi connectivity index (χ3n) is 6.69. The Morgan fingerprint density at radius 2 is 1.82 bits per heavy atom. The highest BCUT2D eigenvalue weighted by Gasteiger charge is 2.35. The van der Waals surface area contributed by atoms with E-state index in [0.29, 0.717) is 19.5 Å². The summed E-state index contributed by atoms with van der Waals surface area (Å²) in [6.07, 6.45) is 9.50. The molecule has 0 amide bonds. The second-order valence-electron chi connectivity index (χ2n) is 9.31. The Labute approximate surface area is 215 Å². The monoisotopic (exact) mass is 571 g/mol. The fourth-order valence-electron chi connectivity index (χ4n) is 4.94. The first-order chi connectivity index (χ1) is 16.3. The zero-order chi connectivity index (χ0) is 24.4. The number of unbranched alkanes of at least 4 members (excludes halogenated alkanes) is 1. The molecule has 0 aliphatic heterocycles. The van der Waals surface area contributed by atoms with E-state index in [4.69, 9.17) is 9.79 Å². The lowest BCUT2D eigenvalue weighted by atomic mass is 9.66. The van der Waals surface area contributed by atoms with Crippen molar-refractivity contribution in [1.29, 1.82) is 0 Å². The average molecular weight is 573 g/mol. The predicted octanol–water partition coefficient (Wildman–Crippen LogP) is 7.41. The normalized spacial score (nSPS) is 16.0. The van der Waals surface area contributed by atoms with Gasteiger partial charge in [0, 0.05) is 15.9 Å². The average Bonchev–Trinajstić information content (AvgIpc) is 2.80. The third-order valence-corrected chi connectivity index (χ3v) is 9.67. The smallest absolute Gasteiger partial charge is 0.324 e. The summed E-state index contributed by atoms with van der Waals surface area (Å²) in [4.78, 5) is 19.0. The molecule has 2 aromatic carbocycles. The van der Waals surface area contributed by atoms with E-state index in [1.54, 1.807) is 12.1 Å².